The molecule has 1 unspecified atom stereocenters. The van der Waals surface area contributed by atoms with Gasteiger partial charge in [0.15, 0.2) is 0 Å². The van der Waals surface area contributed by atoms with E-state index in [9.17, 15) is 8.78 Å². The van der Waals surface area contributed by atoms with E-state index >= 15 is 0 Å². The molecule has 0 bridgehead atoms. The molecule has 0 amide bonds. The minimum absolute atomic E-state index is 0.0927. The second-order valence-electron chi connectivity index (χ2n) is 3.49. The summed E-state index contributed by atoms with van der Waals surface area (Å²) in [7, 11) is 0. The molecule has 0 saturated carbocycles. The van der Waals surface area contributed by atoms with Crippen LogP contribution in [0.4, 0.5) is 8.78 Å². The average molecular weight is 199 g/mol. The average Bonchev–Trinajstić information content (AvgIpc) is 2.47. The van der Waals surface area contributed by atoms with E-state index in [0.717, 1.165) is 0 Å². The number of hydrogen-bond donors (Lipinski definition) is 2. The van der Waals surface area contributed by atoms with Crippen LogP contribution in [0.3, 0.4) is 0 Å². The second kappa shape index (κ2) is 3.20. The maximum absolute atomic E-state index is 13.3. The number of benzene rings is 1. The number of halogens is 2. The van der Waals surface area contributed by atoms with Gasteiger partial charge >= 0.3 is 0 Å². The molecule has 2 nitrogen and oxygen atoms in total. The van der Waals surface area contributed by atoms with Crippen LogP contribution in [-0.2, 0) is 0 Å². The fourth-order valence-electron chi connectivity index (χ4n) is 1.71. The third-order valence-corrected chi connectivity index (χ3v) is 2.46. The van der Waals surface area contributed by atoms with E-state index < -0.39 is 12.0 Å². The topological polar surface area (TPSA) is 32.3 Å². The van der Waals surface area contributed by atoms with Crippen molar-refractivity contribution in [2.75, 3.05) is 6.54 Å². The Hall–Kier alpha value is -1.16. The van der Waals surface area contributed by atoms with E-state index in [2.05, 4.69) is 5.32 Å². The molecule has 1 saturated heterocycles. The summed E-state index contributed by atoms with van der Waals surface area (Å²) in [6.07, 6.45) is -0.126. The maximum Gasteiger partial charge on any atom is 0.268 e. The predicted octanol–water partition coefficient (Wildman–Crippen LogP) is 2.06. The van der Waals surface area contributed by atoms with E-state index in [1.165, 1.54) is 24.3 Å². The van der Waals surface area contributed by atoms with Crippen LogP contribution in [0, 0.1) is 0 Å². The Kier molecular flexibility index (Phi) is 2.15. The molecule has 4 heteroatoms. The van der Waals surface area contributed by atoms with E-state index in [4.69, 9.17) is 5.11 Å². The minimum Gasteiger partial charge on any atom is -0.508 e. The Morgan fingerprint density at radius 1 is 1.29 bits per heavy atom. The summed E-state index contributed by atoms with van der Waals surface area (Å²) >= 11 is 0. The van der Waals surface area contributed by atoms with Gasteiger partial charge in [0.05, 0.1) is 6.04 Å². The number of hydrogen-bond acceptors (Lipinski definition) is 2. The van der Waals surface area contributed by atoms with Gasteiger partial charge in [-0.15, -0.1) is 0 Å². The molecule has 1 atom stereocenters. The van der Waals surface area contributed by atoms with E-state index in [1.807, 2.05) is 0 Å². The van der Waals surface area contributed by atoms with E-state index in [-0.39, 0.29) is 12.2 Å². The lowest BCUT2D eigenvalue weighted by Crippen LogP contribution is -2.26. The SMILES string of the molecule is Oc1ccc(C2NCCC2(F)F)cc1. The van der Waals surface area contributed by atoms with Crippen LogP contribution >= 0.6 is 0 Å². The molecule has 1 aliphatic heterocycles. The number of aromatic hydroxyl groups is 1. The number of phenolic OH excluding ortho intramolecular Hbond substituents is 1. The molecule has 14 heavy (non-hydrogen) atoms. The van der Waals surface area contributed by atoms with Crippen LogP contribution in [0.25, 0.3) is 0 Å². The summed E-state index contributed by atoms with van der Waals surface area (Å²) in [6.45, 7) is 0.332. The summed E-state index contributed by atoms with van der Waals surface area (Å²) < 4.78 is 26.5. The highest BCUT2D eigenvalue weighted by molar-refractivity contribution is 5.29. The number of nitrogens with one attached hydrogen (secondary N) is 1. The summed E-state index contributed by atoms with van der Waals surface area (Å²) in [6, 6.07) is 4.97. The Morgan fingerprint density at radius 3 is 2.43 bits per heavy atom. The van der Waals surface area contributed by atoms with Crippen LogP contribution in [-0.4, -0.2) is 17.6 Å². The van der Waals surface area contributed by atoms with Gasteiger partial charge in [-0.3, -0.25) is 0 Å². The Bertz CT molecular complexity index is 323. The number of phenols is 1. The van der Waals surface area contributed by atoms with Gasteiger partial charge in [-0.05, 0) is 17.7 Å². The van der Waals surface area contributed by atoms with E-state index in [1.54, 1.807) is 0 Å². The largest absolute Gasteiger partial charge is 0.508 e. The maximum atomic E-state index is 13.3. The third-order valence-electron chi connectivity index (χ3n) is 2.46. The van der Waals surface area contributed by atoms with Crippen LogP contribution in [0.2, 0.25) is 0 Å². The van der Waals surface area contributed by atoms with Gasteiger partial charge in [-0.1, -0.05) is 12.1 Å². The number of alkyl halides is 2. The first-order valence-corrected chi connectivity index (χ1v) is 4.50. The first-order chi connectivity index (χ1) is 6.59. The summed E-state index contributed by atoms with van der Waals surface area (Å²) in [5.74, 6) is -2.59. The fraction of sp³-hybridized carbons (Fsp3) is 0.400. The summed E-state index contributed by atoms with van der Waals surface area (Å²) in [5.41, 5.74) is 0.519. The van der Waals surface area contributed by atoms with Crippen molar-refractivity contribution >= 4 is 0 Å². The van der Waals surface area contributed by atoms with Crippen molar-refractivity contribution in [3.63, 3.8) is 0 Å². The van der Waals surface area contributed by atoms with E-state index in [0.29, 0.717) is 12.1 Å². The standard InChI is InChI=1S/C10H11F2NO/c11-10(12)5-6-13-9(10)7-1-3-8(14)4-2-7/h1-4,9,13-14H,5-6H2. The van der Waals surface area contributed by atoms with Gasteiger partial charge in [0.25, 0.3) is 5.92 Å². The van der Waals surface area contributed by atoms with Crippen molar-refractivity contribution < 1.29 is 13.9 Å². The van der Waals surface area contributed by atoms with Gasteiger partial charge in [-0.2, -0.15) is 0 Å². The molecular weight excluding hydrogens is 188 g/mol. The fourth-order valence-corrected chi connectivity index (χ4v) is 1.71. The molecule has 1 heterocycles. The van der Waals surface area contributed by atoms with Crippen molar-refractivity contribution in [1.29, 1.82) is 0 Å². The van der Waals surface area contributed by atoms with Crippen LogP contribution in [0.1, 0.15) is 18.0 Å². The molecular formula is C10H11F2NO. The van der Waals surface area contributed by atoms with Crippen LogP contribution in [0.5, 0.6) is 5.75 Å². The lowest BCUT2D eigenvalue weighted by Gasteiger charge is -2.18. The highest BCUT2D eigenvalue weighted by Gasteiger charge is 2.44. The summed E-state index contributed by atoms with van der Waals surface area (Å²) in [4.78, 5) is 0. The lowest BCUT2D eigenvalue weighted by molar-refractivity contribution is -0.0117. The minimum atomic E-state index is -2.68. The van der Waals surface area contributed by atoms with Gasteiger partial charge in [-0.25, -0.2) is 8.78 Å². The molecule has 76 valence electrons. The zero-order valence-electron chi connectivity index (χ0n) is 7.50. The van der Waals surface area contributed by atoms with Crippen molar-refractivity contribution in [3.8, 4) is 5.75 Å². The molecule has 1 aromatic carbocycles. The van der Waals surface area contributed by atoms with Crippen molar-refractivity contribution in [2.24, 2.45) is 0 Å². The summed E-state index contributed by atoms with van der Waals surface area (Å²) in [5, 5.41) is 11.8. The highest BCUT2D eigenvalue weighted by atomic mass is 19.3. The molecule has 0 aliphatic carbocycles. The molecule has 0 radical (unpaired) electrons. The zero-order valence-corrected chi connectivity index (χ0v) is 7.50. The molecule has 0 spiro atoms. The van der Waals surface area contributed by atoms with Gasteiger partial charge in [0.2, 0.25) is 0 Å². The van der Waals surface area contributed by atoms with Crippen molar-refractivity contribution in [2.45, 2.75) is 18.4 Å². The Morgan fingerprint density at radius 2 is 1.93 bits per heavy atom. The van der Waals surface area contributed by atoms with Crippen molar-refractivity contribution in [3.05, 3.63) is 29.8 Å². The van der Waals surface area contributed by atoms with Crippen LogP contribution < -0.4 is 5.32 Å². The third kappa shape index (κ3) is 1.57. The first kappa shape index (κ1) is 9.40. The number of rotatable bonds is 1. The van der Waals surface area contributed by atoms with Crippen molar-refractivity contribution in [1.82, 2.24) is 5.32 Å². The Labute approximate surface area is 80.6 Å². The molecule has 1 aliphatic rings. The predicted molar refractivity (Wildman–Crippen MR) is 48.4 cm³/mol. The molecule has 0 aromatic heterocycles. The van der Waals surface area contributed by atoms with Gasteiger partial charge in [0.1, 0.15) is 5.75 Å². The smallest absolute Gasteiger partial charge is 0.268 e. The first-order valence-electron chi connectivity index (χ1n) is 4.50. The Balaban J connectivity index is 2.27. The second-order valence-corrected chi connectivity index (χ2v) is 3.49. The monoisotopic (exact) mass is 199 g/mol. The highest BCUT2D eigenvalue weighted by Crippen LogP contribution is 2.38. The van der Waals surface area contributed by atoms with Gasteiger partial charge in [0, 0.05) is 13.0 Å². The zero-order chi connectivity index (χ0) is 10.2. The van der Waals surface area contributed by atoms with Gasteiger partial charge < -0.3 is 10.4 Å². The molecule has 2 N–H and O–H groups in total. The lowest BCUT2D eigenvalue weighted by atomic mass is 10.0. The van der Waals surface area contributed by atoms with Crippen LogP contribution in [0.15, 0.2) is 24.3 Å². The molecule has 1 fully saturated rings. The molecule has 2 rings (SSSR count). The molecule has 1 aromatic rings. The normalized spacial score (nSPS) is 25.1. The quantitative estimate of drug-likeness (QED) is 0.725.